The van der Waals surface area contributed by atoms with Crippen molar-refractivity contribution in [1.29, 1.82) is 0 Å². The van der Waals surface area contributed by atoms with Crippen LogP contribution in [-0.2, 0) is 18.9 Å². The summed E-state index contributed by atoms with van der Waals surface area (Å²) in [5, 5.41) is 0. The van der Waals surface area contributed by atoms with Crippen molar-refractivity contribution in [1.82, 2.24) is 0 Å². The molecule has 6 aliphatic rings. The van der Waals surface area contributed by atoms with E-state index in [2.05, 4.69) is 25.8 Å². The van der Waals surface area contributed by atoms with Crippen LogP contribution in [0.2, 0.25) is 0 Å². The Morgan fingerprint density at radius 2 is 1.68 bits per heavy atom. The first kappa shape index (κ1) is 20.7. The van der Waals surface area contributed by atoms with E-state index >= 15 is 0 Å². The maximum Gasteiger partial charge on any atom is 0.172 e. The summed E-state index contributed by atoms with van der Waals surface area (Å²) in [7, 11) is 0. The van der Waals surface area contributed by atoms with Crippen molar-refractivity contribution in [2.45, 2.75) is 83.2 Å². The molecule has 0 bridgehead atoms. The highest BCUT2D eigenvalue weighted by Crippen LogP contribution is 2.69. The predicted octanol–water partition coefficient (Wildman–Crippen LogP) is 5.07. The van der Waals surface area contributed by atoms with Gasteiger partial charge in [0.1, 0.15) is 0 Å². The average molecular weight is 427 g/mol. The van der Waals surface area contributed by atoms with Crippen molar-refractivity contribution in [3.63, 3.8) is 0 Å². The smallest absolute Gasteiger partial charge is 0.172 e. The van der Waals surface area contributed by atoms with Gasteiger partial charge >= 0.3 is 0 Å². The molecule has 0 radical (unpaired) electrons. The molecule has 31 heavy (non-hydrogen) atoms. The molecule has 1 spiro atoms. The molecule has 0 aromatic carbocycles. The molecule has 3 saturated carbocycles. The number of fused-ring (bicyclic) bond motifs is 5. The summed E-state index contributed by atoms with van der Waals surface area (Å²) in [5.74, 6) is 4.90. The molecule has 0 aromatic heterocycles. The van der Waals surface area contributed by atoms with E-state index < -0.39 is 5.79 Å². The highest BCUT2D eigenvalue weighted by Gasteiger charge is 2.65. The monoisotopic (exact) mass is 426 g/mol. The molecule has 0 amide bonds. The lowest BCUT2D eigenvalue weighted by molar-refractivity contribution is -0.219. The highest BCUT2D eigenvalue weighted by atomic mass is 16.7. The van der Waals surface area contributed by atoms with Gasteiger partial charge in [-0.25, -0.2) is 0 Å². The minimum atomic E-state index is -0.452. The molecule has 0 N–H and O–H groups in total. The van der Waals surface area contributed by atoms with E-state index in [9.17, 15) is 0 Å². The van der Waals surface area contributed by atoms with Crippen LogP contribution in [0.15, 0.2) is 11.6 Å². The molecule has 2 saturated heterocycles. The first-order chi connectivity index (χ1) is 14.9. The number of rotatable bonds is 2. The molecule has 6 rings (SSSR count). The van der Waals surface area contributed by atoms with E-state index in [1.165, 1.54) is 38.5 Å². The van der Waals surface area contributed by atoms with Crippen LogP contribution < -0.4 is 0 Å². The first-order valence-electron chi connectivity index (χ1n) is 12.6. The molecule has 4 aliphatic carbocycles. The van der Waals surface area contributed by atoms with E-state index in [1.54, 1.807) is 5.57 Å². The van der Waals surface area contributed by atoms with Gasteiger partial charge in [-0.05, 0) is 74.0 Å². The van der Waals surface area contributed by atoms with Crippen LogP contribution in [0, 0.1) is 46.8 Å². The predicted molar refractivity (Wildman–Crippen MR) is 118 cm³/mol. The molecule has 0 aromatic rings. The first-order valence-corrected chi connectivity index (χ1v) is 12.6. The maximum atomic E-state index is 6.21. The highest BCUT2D eigenvalue weighted by molar-refractivity contribution is 5.27. The summed E-state index contributed by atoms with van der Waals surface area (Å²) >= 11 is 0. The molecule has 4 nitrogen and oxygen atoms in total. The third kappa shape index (κ3) is 2.83. The van der Waals surface area contributed by atoms with Gasteiger partial charge < -0.3 is 18.9 Å². The number of hydrogen-bond donors (Lipinski definition) is 0. The molecule has 2 heterocycles. The van der Waals surface area contributed by atoms with Gasteiger partial charge in [-0.1, -0.05) is 18.6 Å². The summed E-state index contributed by atoms with van der Waals surface area (Å²) in [6, 6.07) is 0. The van der Waals surface area contributed by atoms with E-state index in [-0.39, 0.29) is 16.6 Å². The van der Waals surface area contributed by atoms with Crippen molar-refractivity contribution in [3.05, 3.63) is 11.6 Å². The topological polar surface area (TPSA) is 36.9 Å². The van der Waals surface area contributed by atoms with Crippen LogP contribution in [0.4, 0.5) is 0 Å². The normalized spacial score (nSPS) is 47.3. The molecule has 4 heteroatoms. The van der Waals surface area contributed by atoms with Gasteiger partial charge in [0.2, 0.25) is 0 Å². The van der Waals surface area contributed by atoms with Crippen molar-refractivity contribution < 1.29 is 18.9 Å². The molecule has 5 fully saturated rings. The van der Waals surface area contributed by atoms with Crippen molar-refractivity contribution >= 4 is 0 Å². The molecule has 170 valence electrons. The Hall–Kier alpha value is -0.860. The van der Waals surface area contributed by atoms with Gasteiger partial charge in [0.15, 0.2) is 11.6 Å². The fourth-order valence-corrected chi connectivity index (χ4v) is 9.21. The van der Waals surface area contributed by atoms with Gasteiger partial charge in [-0.2, -0.15) is 0 Å². The zero-order valence-corrected chi connectivity index (χ0v) is 19.3. The number of terminal acetylenes is 1. The van der Waals surface area contributed by atoms with Gasteiger partial charge in [0.25, 0.3) is 0 Å². The second-order valence-corrected chi connectivity index (χ2v) is 11.5. The van der Waals surface area contributed by atoms with Crippen LogP contribution in [0.1, 0.15) is 71.6 Å². The lowest BCUT2D eigenvalue weighted by Gasteiger charge is -2.60. The second-order valence-electron chi connectivity index (χ2n) is 11.5. The van der Waals surface area contributed by atoms with Crippen LogP contribution in [-0.4, -0.2) is 38.0 Å². The van der Waals surface area contributed by atoms with Crippen LogP contribution in [0.3, 0.4) is 0 Å². The summed E-state index contributed by atoms with van der Waals surface area (Å²) in [4.78, 5) is 0. The summed E-state index contributed by atoms with van der Waals surface area (Å²) in [6.45, 7) is 7.65. The fraction of sp³-hybridized carbons (Fsp3) is 0.852. The summed E-state index contributed by atoms with van der Waals surface area (Å²) < 4.78 is 24.6. The minimum absolute atomic E-state index is 0.171. The Balaban J connectivity index is 1.32. The fourth-order valence-electron chi connectivity index (χ4n) is 9.21. The van der Waals surface area contributed by atoms with Gasteiger partial charge in [0, 0.05) is 25.2 Å². The molecule has 6 atom stereocenters. The lowest BCUT2D eigenvalue weighted by atomic mass is 9.46. The Morgan fingerprint density at radius 1 is 0.935 bits per heavy atom. The Bertz CT molecular complexity index is 799. The van der Waals surface area contributed by atoms with Crippen molar-refractivity contribution in [2.24, 2.45) is 34.5 Å². The van der Waals surface area contributed by atoms with Crippen LogP contribution in [0.25, 0.3) is 0 Å². The standard InChI is InChI=1S/C27H38O4/c1-4-10-26-11-9-21-20(22(26)7-8-23(26)25(3)28-14-15-29-25)6-5-19-18-27(30-16-17-31-27)13-12-24(19,21)2/h1,5,20-23H,6-18H2,2-3H3/t20-,21+,22+,23-,24+,26+/m1/s1. The van der Waals surface area contributed by atoms with Crippen LogP contribution >= 0.6 is 0 Å². The average Bonchev–Trinajstić information content (AvgIpc) is 3.48. The molecule has 2 aliphatic heterocycles. The SMILES string of the molecule is C#CC[C@]12CC[C@H]3[C@@H](CC=C4CC5(CC[C@@]43C)OCCO5)[C@@H]1CC[C@@H]2C1(C)OCCO1. The zero-order chi connectivity index (χ0) is 21.3. The zero-order valence-electron chi connectivity index (χ0n) is 19.3. The number of ether oxygens (including phenoxy) is 4. The van der Waals surface area contributed by atoms with E-state index in [1.807, 2.05) is 0 Å². The number of allylic oxidation sites excluding steroid dienone is 1. The van der Waals surface area contributed by atoms with Gasteiger partial charge in [-0.15, -0.1) is 12.3 Å². The quantitative estimate of drug-likeness (QED) is 0.456. The van der Waals surface area contributed by atoms with E-state index in [0.717, 1.165) is 44.3 Å². The minimum Gasteiger partial charge on any atom is -0.348 e. The molecule has 0 unspecified atom stereocenters. The Labute approximate surface area is 187 Å². The maximum absolute atomic E-state index is 6.21. The van der Waals surface area contributed by atoms with Crippen LogP contribution in [0.5, 0.6) is 0 Å². The lowest BCUT2D eigenvalue weighted by Crippen LogP contribution is -2.55. The van der Waals surface area contributed by atoms with Crippen molar-refractivity contribution in [3.8, 4) is 12.3 Å². The third-order valence-electron chi connectivity index (χ3n) is 10.6. The molecular formula is C27H38O4. The van der Waals surface area contributed by atoms with E-state index in [0.29, 0.717) is 25.0 Å². The Kier molecular flexibility index (Phi) is 4.73. The number of hydrogen-bond acceptors (Lipinski definition) is 4. The van der Waals surface area contributed by atoms with Gasteiger partial charge in [0.05, 0.1) is 26.4 Å². The van der Waals surface area contributed by atoms with Crippen molar-refractivity contribution in [2.75, 3.05) is 26.4 Å². The van der Waals surface area contributed by atoms with Gasteiger partial charge in [-0.3, -0.25) is 0 Å². The third-order valence-corrected chi connectivity index (χ3v) is 10.6. The second kappa shape index (κ2) is 7.07. The molecular weight excluding hydrogens is 388 g/mol. The van der Waals surface area contributed by atoms with E-state index in [4.69, 9.17) is 25.4 Å². The largest absolute Gasteiger partial charge is 0.348 e. The Morgan fingerprint density at radius 3 is 2.42 bits per heavy atom. The summed E-state index contributed by atoms with van der Waals surface area (Å²) in [5.41, 5.74) is 2.06. The summed E-state index contributed by atoms with van der Waals surface area (Å²) in [6.07, 6.45) is 18.8.